The van der Waals surface area contributed by atoms with E-state index in [-0.39, 0.29) is 24.8 Å². The van der Waals surface area contributed by atoms with Gasteiger partial charge in [0.15, 0.2) is 0 Å². The van der Waals surface area contributed by atoms with Crippen LogP contribution in [-0.2, 0) is 23.2 Å². The second kappa shape index (κ2) is 9.50. The molecule has 0 unspecified atom stereocenters. The molecule has 0 N–H and O–H groups in total. The molecule has 2 saturated carbocycles. The predicted molar refractivity (Wildman–Crippen MR) is 113 cm³/mol. The van der Waals surface area contributed by atoms with Crippen molar-refractivity contribution in [2.24, 2.45) is 22.7 Å². The average molecular weight is 513 g/mol. The van der Waals surface area contributed by atoms with Gasteiger partial charge in [-0.1, -0.05) is 0 Å². The van der Waals surface area contributed by atoms with E-state index in [2.05, 4.69) is 76.3 Å². The van der Waals surface area contributed by atoms with Crippen molar-refractivity contribution in [3.8, 4) is 0 Å². The molecule has 0 saturated heterocycles. The van der Waals surface area contributed by atoms with Crippen molar-refractivity contribution in [2.75, 3.05) is 0 Å². The van der Waals surface area contributed by atoms with Crippen LogP contribution in [0.3, 0.4) is 0 Å². The van der Waals surface area contributed by atoms with Crippen LogP contribution in [0.15, 0.2) is 48.6 Å². The van der Waals surface area contributed by atoms with Gasteiger partial charge in [0.2, 0.25) is 0 Å². The summed E-state index contributed by atoms with van der Waals surface area (Å²) in [6, 6.07) is 0. The zero-order valence-corrected chi connectivity index (χ0v) is 22.7. The van der Waals surface area contributed by atoms with Crippen molar-refractivity contribution in [1.29, 1.82) is 0 Å². The summed E-state index contributed by atoms with van der Waals surface area (Å²) in [5.41, 5.74) is 1.02. The SMILES string of the molecule is CC(C)C1([C]2([Zr+2][C]3(C4(C(C)C)CCCC4)C=CC=C3)C=CC=C2)CCCC1.[Cl-].[Cl-]. The van der Waals surface area contributed by atoms with Crippen LogP contribution >= 0.6 is 0 Å². The van der Waals surface area contributed by atoms with E-state index in [4.69, 9.17) is 0 Å². The van der Waals surface area contributed by atoms with E-state index >= 15 is 0 Å². The van der Waals surface area contributed by atoms with Crippen LogP contribution in [0, 0.1) is 22.7 Å². The molecule has 0 aromatic rings. The van der Waals surface area contributed by atoms with Gasteiger partial charge in [-0.2, -0.15) is 0 Å². The van der Waals surface area contributed by atoms with Gasteiger partial charge in [0.1, 0.15) is 0 Å². The maximum Gasteiger partial charge on any atom is -1.00 e. The summed E-state index contributed by atoms with van der Waals surface area (Å²) in [7, 11) is 0. The molecule has 0 bridgehead atoms. The maximum absolute atomic E-state index is 2.69. The van der Waals surface area contributed by atoms with Crippen LogP contribution in [0.25, 0.3) is 0 Å². The smallest absolute Gasteiger partial charge is 1.00 e. The van der Waals surface area contributed by atoms with Crippen molar-refractivity contribution in [2.45, 2.75) is 85.3 Å². The van der Waals surface area contributed by atoms with E-state index in [0.29, 0.717) is 17.1 Å². The largest absolute Gasteiger partial charge is 1.00 e. The zero-order valence-electron chi connectivity index (χ0n) is 18.7. The third-order valence-corrected chi connectivity index (χ3v) is 15.0. The van der Waals surface area contributed by atoms with Gasteiger partial charge in [0.05, 0.1) is 0 Å². The average Bonchev–Trinajstić information content (AvgIpc) is 3.42. The molecular weight excluding hydrogens is 474 g/mol. The maximum atomic E-state index is 2.69. The van der Waals surface area contributed by atoms with Gasteiger partial charge < -0.3 is 24.8 Å². The van der Waals surface area contributed by atoms with Gasteiger partial charge in [0, 0.05) is 0 Å². The van der Waals surface area contributed by atoms with Crippen molar-refractivity contribution >= 4 is 0 Å². The molecule has 2 fully saturated rings. The molecule has 0 nitrogen and oxygen atoms in total. The Kier molecular flexibility index (Phi) is 8.42. The van der Waals surface area contributed by atoms with E-state index in [9.17, 15) is 0 Å². The van der Waals surface area contributed by atoms with Crippen LogP contribution in [0.5, 0.6) is 0 Å². The molecule has 0 atom stereocenters. The molecular formula is C26H38Cl2Zr. The monoisotopic (exact) mass is 510 g/mol. The number of halogens is 2. The Hall–Kier alpha value is 0.423. The Morgan fingerprint density at radius 2 is 0.828 bits per heavy atom. The second-order valence-electron chi connectivity index (χ2n) is 10.3. The Bertz CT molecular complexity index is 589. The molecule has 0 aromatic heterocycles. The summed E-state index contributed by atoms with van der Waals surface area (Å²) in [6.45, 7) is 10.1. The molecule has 160 valence electrons. The first-order valence-electron chi connectivity index (χ1n) is 11.5. The molecule has 4 aliphatic rings. The van der Waals surface area contributed by atoms with E-state index in [1.54, 1.807) is 0 Å². The third-order valence-electron chi connectivity index (χ3n) is 8.92. The van der Waals surface area contributed by atoms with E-state index in [1.807, 2.05) is 0 Å². The van der Waals surface area contributed by atoms with Crippen molar-refractivity contribution in [1.82, 2.24) is 0 Å². The molecule has 3 heteroatoms. The minimum absolute atomic E-state index is 0. The van der Waals surface area contributed by atoms with Crippen molar-refractivity contribution < 1.29 is 48.0 Å². The number of rotatable bonds is 6. The van der Waals surface area contributed by atoms with E-state index in [1.165, 1.54) is 51.4 Å². The molecule has 0 aromatic carbocycles. The summed E-state index contributed by atoms with van der Waals surface area (Å²) in [5.74, 6) is 1.55. The van der Waals surface area contributed by atoms with Crippen LogP contribution < -0.4 is 24.8 Å². The number of hydrogen-bond acceptors (Lipinski definition) is 0. The van der Waals surface area contributed by atoms with E-state index in [0.717, 1.165) is 11.8 Å². The number of hydrogen-bond donors (Lipinski definition) is 0. The van der Waals surface area contributed by atoms with Gasteiger partial charge >= 0.3 is 180 Å². The van der Waals surface area contributed by atoms with Gasteiger partial charge in [-0.3, -0.25) is 0 Å². The molecule has 0 aliphatic heterocycles. The summed E-state index contributed by atoms with van der Waals surface area (Å²) in [5, 5.41) is 0. The normalized spacial score (nSPS) is 26.7. The quantitative estimate of drug-likeness (QED) is 0.511. The Morgan fingerprint density at radius 1 is 0.552 bits per heavy atom. The summed E-state index contributed by atoms with van der Waals surface area (Å²) in [4.78, 5) is 0. The Morgan fingerprint density at radius 3 is 1.07 bits per heavy atom. The van der Waals surface area contributed by atoms with Crippen LogP contribution in [0.2, 0.25) is 6.25 Å². The third kappa shape index (κ3) is 3.78. The first kappa shape index (κ1) is 25.7. The molecule has 0 amide bonds. The van der Waals surface area contributed by atoms with Crippen molar-refractivity contribution in [3.05, 3.63) is 48.6 Å². The minimum Gasteiger partial charge on any atom is -1.00 e. The van der Waals surface area contributed by atoms with Crippen LogP contribution in [0.4, 0.5) is 0 Å². The fourth-order valence-corrected chi connectivity index (χ4v) is 14.6. The van der Waals surface area contributed by atoms with Crippen LogP contribution in [0.1, 0.15) is 79.1 Å². The molecule has 0 spiro atoms. The first-order chi connectivity index (χ1) is 12.9. The molecule has 4 aliphatic carbocycles. The minimum atomic E-state index is -0.842. The Balaban J connectivity index is 0.00000150. The van der Waals surface area contributed by atoms with Gasteiger partial charge in [0.25, 0.3) is 0 Å². The first-order valence-corrected chi connectivity index (χ1v) is 13.9. The molecule has 4 rings (SSSR count). The Labute approximate surface area is 203 Å². The van der Waals surface area contributed by atoms with Gasteiger partial charge in [-0.15, -0.1) is 0 Å². The fourth-order valence-electron chi connectivity index (χ4n) is 7.31. The van der Waals surface area contributed by atoms with E-state index < -0.39 is 23.2 Å². The second-order valence-corrected chi connectivity index (χ2v) is 15.0. The summed E-state index contributed by atoms with van der Waals surface area (Å²) >= 11 is -0.842. The number of allylic oxidation sites excluding steroid dienone is 8. The van der Waals surface area contributed by atoms with Crippen molar-refractivity contribution in [3.63, 3.8) is 0 Å². The van der Waals surface area contributed by atoms with Gasteiger partial charge in [-0.05, 0) is 0 Å². The van der Waals surface area contributed by atoms with Gasteiger partial charge in [-0.25, -0.2) is 0 Å². The van der Waals surface area contributed by atoms with Crippen LogP contribution in [-0.4, -0.2) is 0 Å². The fraction of sp³-hybridized carbons (Fsp3) is 0.692. The molecule has 0 radical (unpaired) electrons. The molecule has 0 heterocycles. The summed E-state index contributed by atoms with van der Waals surface area (Å²) in [6.07, 6.45) is 31.9. The topological polar surface area (TPSA) is 0 Å². The molecule has 29 heavy (non-hydrogen) atoms. The zero-order chi connectivity index (χ0) is 19.2. The summed E-state index contributed by atoms with van der Waals surface area (Å²) < 4.78 is 0.787. The standard InChI is InChI=1S/2C13H19.2ClH.Zr/c2*1-11(2)13(9-5-6-10-13)12-7-3-4-8-12;;;/h2*3-4,7-8,11H,5-6,9-10H2,1-2H3;2*1H;/q;;;;+2/p-2. The predicted octanol–water partition coefficient (Wildman–Crippen LogP) is 2.08.